The molecule has 1 aliphatic heterocycles. The zero-order valence-corrected chi connectivity index (χ0v) is 15.0. The maximum atomic E-state index is 12.7. The fourth-order valence-corrected chi connectivity index (χ4v) is 2.93. The van der Waals surface area contributed by atoms with Crippen molar-refractivity contribution < 1.29 is 9.59 Å². The predicted molar refractivity (Wildman–Crippen MR) is 103 cm³/mol. The second kappa shape index (κ2) is 7.31. The van der Waals surface area contributed by atoms with Crippen molar-refractivity contribution in [1.29, 1.82) is 0 Å². The molecule has 0 aliphatic carbocycles. The number of benzene rings is 2. The third-order valence-corrected chi connectivity index (χ3v) is 4.60. The SMILES string of the molecule is O=C1NC(=S)N(c2ccccc2)C(=O)[C@@H]1C=Nc1cccc(Cl)c1Cl. The first-order valence-electron chi connectivity index (χ1n) is 7.21. The second-order valence-electron chi connectivity index (χ2n) is 5.13. The molecule has 0 radical (unpaired) electrons. The van der Waals surface area contributed by atoms with Gasteiger partial charge in [0.15, 0.2) is 11.0 Å². The number of halogens is 2. The number of para-hydroxylation sites is 1. The van der Waals surface area contributed by atoms with Gasteiger partial charge in [0.1, 0.15) is 0 Å². The molecule has 1 heterocycles. The van der Waals surface area contributed by atoms with Crippen LogP contribution in [-0.4, -0.2) is 23.1 Å². The number of carbonyl (C=O) groups is 2. The van der Waals surface area contributed by atoms with Gasteiger partial charge in [0, 0.05) is 6.21 Å². The lowest BCUT2D eigenvalue weighted by Gasteiger charge is -2.30. The Labute approximate surface area is 159 Å². The highest BCUT2D eigenvalue weighted by Crippen LogP contribution is 2.31. The van der Waals surface area contributed by atoms with E-state index in [0.29, 0.717) is 16.4 Å². The number of amides is 2. The lowest BCUT2D eigenvalue weighted by Crippen LogP contribution is -2.58. The van der Waals surface area contributed by atoms with Gasteiger partial charge in [-0.1, -0.05) is 47.5 Å². The minimum atomic E-state index is -1.12. The van der Waals surface area contributed by atoms with Crippen molar-refractivity contribution in [2.24, 2.45) is 10.9 Å². The van der Waals surface area contributed by atoms with Crippen LogP contribution < -0.4 is 10.2 Å². The second-order valence-corrected chi connectivity index (χ2v) is 6.30. The first kappa shape index (κ1) is 17.5. The molecule has 25 heavy (non-hydrogen) atoms. The van der Waals surface area contributed by atoms with Crippen LogP contribution in [0.2, 0.25) is 10.0 Å². The molecule has 1 atom stereocenters. The van der Waals surface area contributed by atoms with E-state index in [2.05, 4.69) is 10.3 Å². The monoisotopic (exact) mass is 391 g/mol. The number of rotatable bonds is 3. The topological polar surface area (TPSA) is 61.8 Å². The van der Waals surface area contributed by atoms with Crippen LogP contribution in [-0.2, 0) is 9.59 Å². The minimum absolute atomic E-state index is 0.0339. The normalized spacial score (nSPS) is 17.9. The molecule has 0 aromatic heterocycles. The molecule has 3 rings (SSSR count). The summed E-state index contributed by atoms with van der Waals surface area (Å²) in [4.78, 5) is 30.3. The van der Waals surface area contributed by atoms with Gasteiger partial charge in [0.25, 0.3) is 5.91 Å². The molecular formula is C17H11Cl2N3O2S. The molecule has 0 unspecified atom stereocenters. The third kappa shape index (κ3) is 3.56. The Kier molecular flexibility index (Phi) is 5.13. The van der Waals surface area contributed by atoms with E-state index in [-0.39, 0.29) is 10.1 Å². The number of anilines is 1. The summed E-state index contributed by atoms with van der Waals surface area (Å²) < 4.78 is 0. The fraction of sp³-hybridized carbons (Fsp3) is 0.0588. The molecule has 1 aliphatic rings. The molecule has 2 aromatic carbocycles. The summed E-state index contributed by atoms with van der Waals surface area (Å²) in [5, 5.41) is 3.14. The predicted octanol–water partition coefficient (Wildman–Crippen LogP) is 3.76. The Morgan fingerprint density at radius 3 is 2.52 bits per heavy atom. The van der Waals surface area contributed by atoms with E-state index in [9.17, 15) is 9.59 Å². The summed E-state index contributed by atoms with van der Waals surface area (Å²) in [6.07, 6.45) is 1.24. The molecule has 1 N–H and O–H groups in total. The van der Waals surface area contributed by atoms with Crippen LogP contribution in [0.15, 0.2) is 53.5 Å². The highest BCUT2D eigenvalue weighted by molar-refractivity contribution is 7.80. The van der Waals surface area contributed by atoms with Crippen molar-refractivity contribution in [3.05, 3.63) is 58.6 Å². The quantitative estimate of drug-likeness (QED) is 0.492. The van der Waals surface area contributed by atoms with Crippen LogP contribution >= 0.6 is 35.4 Å². The molecule has 1 fully saturated rings. The first-order valence-corrected chi connectivity index (χ1v) is 8.37. The Bertz CT molecular complexity index is 887. The molecule has 2 amide bonds. The number of aliphatic imine (C=N–C) groups is 1. The van der Waals surface area contributed by atoms with E-state index in [1.165, 1.54) is 11.1 Å². The van der Waals surface area contributed by atoms with Gasteiger partial charge in [0.2, 0.25) is 5.91 Å². The first-order chi connectivity index (χ1) is 12.0. The van der Waals surface area contributed by atoms with Crippen molar-refractivity contribution in [1.82, 2.24) is 5.32 Å². The van der Waals surface area contributed by atoms with Crippen LogP contribution in [0.4, 0.5) is 11.4 Å². The zero-order chi connectivity index (χ0) is 18.0. The molecule has 0 saturated carbocycles. The maximum Gasteiger partial charge on any atom is 0.251 e. The number of nitrogens with zero attached hydrogens (tertiary/aromatic N) is 2. The zero-order valence-electron chi connectivity index (χ0n) is 12.6. The van der Waals surface area contributed by atoms with Crippen LogP contribution in [0, 0.1) is 5.92 Å². The van der Waals surface area contributed by atoms with Crippen molar-refractivity contribution in [3.8, 4) is 0 Å². The molecule has 5 nitrogen and oxygen atoms in total. The van der Waals surface area contributed by atoms with E-state index >= 15 is 0 Å². The Morgan fingerprint density at radius 2 is 1.80 bits per heavy atom. The van der Waals surface area contributed by atoms with Crippen molar-refractivity contribution in [3.63, 3.8) is 0 Å². The minimum Gasteiger partial charge on any atom is -0.301 e. The van der Waals surface area contributed by atoms with Gasteiger partial charge in [-0.15, -0.1) is 0 Å². The lowest BCUT2D eigenvalue weighted by molar-refractivity contribution is -0.130. The summed E-state index contributed by atoms with van der Waals surface area (Å²) >= 11 is 17.1. The van der Waals surface area contributed by atoms with Gasteiger partial charge in [-0.3, -0.25) is 19.5 Å². The number of hydrogen-bond donors (Lipinski definition) is 1. The van der Waals surface area contributed by atoms with Crippen LogP contribution in [0.1, 0.15) is 0 Å². The molecule has 0 spiro atoms. The van der Waals surface area contributed by atoms with E-state index in [0.717, 1.165) is 0 Å². The van der Waals surface area contributed by atoms with E-state index in [4.69, 9.17) is 35.4 Å². The van der Waals surface area contributed by atoms with Gasteiger partial charge < -0.3 is 5.32 Å². The molecular weight excluding hydrogens is 381 g/mol. The molecule has 126 valence electrons. The largest absolute Gasteiger partial charge is 0.301 e. The van der Waals surface area contributed by atoms with Crippen LogP contribution in [0.25, 0.3) is 0 Å². The summed E-state index contributed by atoms with van der Waals surface area (Å²) in [5.74, 6) is -2.15. The summed E-state index contributed by atoms with van der Waals surface area (Å²) in [6.45, 7) is 0. The van der Waals surface area contributed by atoms with Gasteiger partial charge >= 0.3 is 0 Å². The smallest absolute Gasteiger partial charge is 0.251 e. The average Bonchev–Trinajstić information content (AvgIpc) is 2.59. The number of nitrogens with one attached hydrogen (secondary N) is 1. The van der Waals surface area contributed by atoms with Crippen LogP contribution in [0.3, 0.4) is 0 Å². The molecule has 1 saturated heterocycles. The van der Waals surface area contributed by atoms with Gasteiger partial charge in [-0.05, 0) is 36.5 Å². The molecule has 2 aromatic rings. The van der Waals surface area contributed by atoms with E-state index in [1.54, 1.807) is 42.5 Å². The lowest BCUT2D eigenvalue weighted by atomic mass is 10.1. The van der Waals surface area contributed by atoms with Crippen molar-refractivity contribution in [2.45, 2.75) is 0 Å². The number of hydrogen-bond acceptors (Lipinski definition) is 4. The van der Waals surface area contributed by atoms with E-state index in [1.807, 2.05) is 6.07 Å². The number of carbonyl (C=O) groups excluding carboxylic acids is 2. The average molecular weight is 392 g/mol. The summed E-state index contributed by atoms with van der Waals surface area (Å²) in [5.41, 5.74) is 0.936. The van der Waals surface area contributed by atoms with Crippen LogP contribution in [0.5, 0.6) is 0 Å². The van der Waals surface area contributed by atoms with Gasteiger partial charge in [-0.25, -0.2) is 0 Å². The van der Waals surface area contributed by atoms with Gasteiger partial charge in [-0.2, -0.15) is 0 Å². The Morgan fingerprint density at radius 1 is 1.08 bits per heavy atom. The standard InChI is InChI=1S/C17H11Cl2N3O2S/c18-12-7-4-8-13(14(12)19)20-9-11-15(23)21-17(25)22(16(11)24)10-5-2-1-3-6-10/h1-9,11H,(H,21,23,25)/t11-/m1/s1. The highest BCUT2D eigenvalue weighted by Gasteiger charge is 2.38. The maximum absolute atomic E-state index is 12.7. The molecule has 0 bridgehead atoms. The highest BCUT2D eigenvalue weighted by atomic mass is 35.5. The summed E-state index contributed by atoms with van der Waals surface area (Å²) in [7, 11) is 0. The summed E-state index contributed by atoms with van der Waals surface area (Å²) in [6, 6.07) is 13.8. The fourth-order valence-electron chi connectivity index (χ4n) is 2.29. The van der Waals surface area contributed by atoms with Crippen molar-refractivity contribution in [2.75, 3.05) is 4.90 Å². The number of thiocarbonyl (C=S) groups is 1. The van der Waals surface area contributed by atoms with E-state index < -0.39 is 17.7 Å². The Hall–Kier alpha value is -2.28. The van der Waals surface area contributed by atoms with Crippen molar-refractivity contribution >= 4 is 69.9 Å². The Balaban J connectivity index is 1.91. The molecule has 8 heteroatoms. The van der Waals surface area contributed by atoms with Gasteiger partial charge in [0.05, 0.1) is 21.4 Å². The third-order valence-electron chi connectivity index (χ3n) is 3.51.